The molecule has 3 aliphatic rings. The second kappa shape index (κ2) is 9.70. The van der Waals surface area contributed by atoms with Gasteiger partial charge in [-0.2, -0.15) is 0 Å². The van der Waals surface area contributed by atoms with Gasteiger partial charge in [0.2, 0.25) is 5.91 Å². The number of carboxylic acids is 1. The van der Waals surface area contributed by atoms with Crippen LogP contribution in [0.3, 0.4) is 0 Å². The molecule has 3 aliphatic carbocycles. The Morgan fingerprint density at radius 2 is 1.63 bits per heavy atom. The van der Waals surface area contributed by atoms with E-state index in [1.807, 2.05) is 24.3 Å². The Balaban J connectivity index is 1.10. The minimum absolute atomic E-state index is 0.00829. The maximum atomic E-state index is 12.6. The average Bonchev–Trinajstić information content (AvgIpc) is 3.34. The third kappa shape index (κ3) is 4.75. The summed E-state index contributed by atoms with van der Waals surface area (Å²) >= 11 is 0. The molecule has 0 radical (unpaired) electrons. The first-order chi connectivity index (χ1) is 16.9. The first-order valence-electron chi connectivity index (χ1n) is 12.2. The third-order valence-electron chi connectivity index (χ3n) is 7.76. The van der Waals surface area contributed by atoms with E-state index in [0.717, 1.165) is 12.8 Å². The lowest BCUT2D eigenvalue weighted by Crippen LogP contribution is -2.50. The normalized spacial score (nSPS) is 24.9. The first kappa shape index (κ1) is 23.4. The Labute approximate surface area is 203 Å². The maximum absolute atomic E-state index is 12.6. The number of amides is 2. The van der Waals surface area contributed by atoms with Gasteiger partial charge < -0.3 is 25.6 Å². The number of ether oxygens (including phenoxy) is 1. The van der Waals surface area contributed by atoms with Gasteiger partial charge in [-0.15, -0.1) is 0 Å². The zero-order chi connectivity index (χ0) is 24.5. The van der Waals surface area contributed by atoms with Crippen molar-refractivity contribution in [1.29, 1.82) is 0 Å². The number of aliphatic hydroxyl groups excluding tert-OH is 1. The van der Waals surface area contributed by atoms with Crippen LogP contribution in [-0.4, -0.2) is 53.5 Å². The van der Waals surface area contributed by atoms with Crippen LogP contribution in [0.1, 0.15) is 42.7 Å². The van der Waals surface area contributed by atoms with Crippen LogP contribution < -0.4 is 10.6 Å². The summed E-state index contributed by atoms with van der Waals surface area (Å²) in [5.74, 6) is -0.824. The zero-order valence-corrected chi connectivity index (χ0v) is 19.4. The highest BCUT2D eigenvalue weighted by Crippen LogP contribution is 2.50. The van der Waals surface area contributed by atoms with Crippen molar-refractivity contribution in [2.75, 3.05) is 13.2 Å². The lowest BCUT2D eigenvalue weighted by atomic mass is 9.71. The van der Waals surface area contributed by atoms with Gasteiger partial charge in [-0.05, 0) is 53.4 Å². The van der Waals surface area contributed by atoms with Crippen LogP contribution in [0.25, 0.3) is 11.1 Å². The number of alkyl carbamates (subject to hydrolysis) is 1. The van der Waals surface area contributed by atoms with Crippen molar-refractivity contribution < 1.29 is 29.3 Å². The van der Waals surface area contributed by atoms with Crippen LogP contribution in [0.2, 0.25) is 0 Å². The average molecular weight is 479 g/mol. The molecule has 5 atom stereocenters. The summed E-state index contributed by atoms with van der Waals surface area (Å²) in [6.45, 7) is 0.197. The second-order valence-electron chi connectivity index (χ2n) is 9.90. The maximum Gasteiger partial charge on any atom is 0.407 e. The molecule has 0 heterocycles. The first-order valence-corrected chi connectivity index (χ1v) is 12.2. The molecule has 0 bridgehead atoms. The fraction of sp³-hybridized carbons (Fsp3) is 0.444. The summed E-state index contributed by atoms with van der Waals surface area (Å²) in [5.41, 5.74) is 4.71. The van der Waals surface area contributed by atoms with Crippen LogP contribution in [-0.2, 0) is 14.3 Å². The predicted molar refractivity (Wildman–Crippen MR) is 128 cm³/mol. The van der Waals surface area contributed by atoms with Crippen molar-refractivity contribution in [3.05, 3.63) is 59.7 Å². The minimum atomic E-state index is -1.10. The number of benzene rings is 2. The molecule has 2 amide bonds. The van der Waals surface area contributed by atoms with Gasteiger partial charge in [0.25, 0.3) is 0 Å². The second-order valence-corrected chi connectivity index (χ2v) is 9.90. The molecule has 0 saturated heterocycles. The highest BCUT2D eigenvalue weighted by Gasteiger charge is 2.50. The van der Waals surface area contributed by atoms with Crippen molar-refractivity contribution in [2.45, 2.75) is 43.7 Å². The molecule has 0 spiro atoms. The quantitative estimate of drug-likeness (QED) is 0.462. The van der Waals surface area contributed by atoms with E-state index in [0.29, 0.717) is 12.3 Å². The number of rotatable bonds is 8. The van der Waals surface area contributed by atoms with E-state index >= 15 is 0 Å². The summed E-state index contributed by atoms with van der Waals surface area (Å²) in [6.07, 6.45) is 0.300. The van der Waals surface area contributed by atoms with Crippen molar-refractivity contribution in [3.63, 3.8) is 0 Å². The van der Waals surface area contributed by atoms with Gasteiger partial charge in [-0.1, -0.05) is 48.5 Å². The van der Waals surface area contributed by atoms with Gasteiger partial charge in [0.1, 0.15) is 6.61 Å². The summed E-state index contributed by atoms with van der Waals surface area (Å²) in [7, 11) is 0. The number of hydrogen-bond donors (Lipinski definition) is 4. The van der Waals surface area contributed by atoms with Crippen molar-refractivity contribution in [2.24, 2.45) is 17.8 Å². The Hall–Kier alpha value is -3.39. The van der Waals surface area contributed by atoms with Gasteiger partial charge in [0.05, 0.1) is 12.5 Å². The van der Waals surface area contributed by atoms with Crippen LogP contribution in [0.15, 0.2) is 48.5 Å². The molecule has 0 aliphatic heterocycles. The molecular weight excluding hydrogens is 448 g/mol. The SMILES string of the molecule is O=C(O)CC(O)CNC(=O)C1CC2CC(NC(=O)OCC3c4ccccc4-c4ccccc43)C2C1. The van der Waals surface area contributed by atoms with Crippen LogP contribution >= 0.6 is 0 Å². The lowest BCUT2D eigenvalue weighted by molar-refractivity contribution is -0.139. The van der Waals surface area contributed by atoms with Gasteiger partial charge in [-0.3, -0.25) is 9.59 Å². The lowest BCUT2D eigenvalue weighted by Gasteiger charge is -2.40. The molecule has 2 aromatic rings. The molecule has 2 fully saturated rings. The van der Waals surface area contributed by atoms with Crippen molar-refractivity contribution in [1.82, 2.24) is 10.6 Å². The molecule has 35 heavy (non-hydrogen) atoms. The zero-order valence-electron chi connectivity index (χ0n) is 19.4. The number of carbonyl (C=O) groups excluding carboxylic acids is 2. The highest BCUT2D eigenvalue weighted by molar-refractivity contribution is 5.80. The molecule has 2 saturated carbocycles. The summed E-state index contributed by atoms with van der Waals surface area (Å²) < 4.78 is 5.66. The van der Waals surface area contributed by atoms with Crippen LogP contribution in [0.4, 0.5) is 4.79 Å². The van der Waals surface area contributed by atoms with E-state index in [-0.39, 0.29) is 42.9 Å². The molecule has 184 valence electrons. The summed E-state index contributed by atoms with van der Waals surface area (Å²) in [5, 5.41) is 24.0. The number of carboxylic acid groups (broad SMARTS) is 1. The Morgan fingerprint density at radius 3 is 2.29 bits per heavy atom. The fourth-order valence-corrected chi connectivity index (χ4v) is 6.03. The summed E-state index contributed by atoms with van der Waals surface area (Å²) in [6, 6.07) is 16.4. The van der Waals surface area contributed by atoms with Gasteiger partial charge in [0.15, 0.2) is 0 Å². The molecule has 0 aromatic heterocycles. The number of aliphatic carboxylic acids is 1. The molecule has 4 N–H and O–H groups in total. The molecule has 8 heteroatoms. The smallest absolute Gasteiger partial charge is 0.407 e. The van der Waals surface area contributed by atoms with E-state index in [1.54, 1.807) is 0 Å². The van der Waals surface area contributed by atoms with Crippen LogP contribution in [0, 0.1) is 17.8 Å². The van der Waals surface area contributed by atoms with Gasteiger partial charge >= 0.3 is 12.1 Å². The molecule has 5 rings (SSSR count). The standard InChI is InChI=1S/C27H30N2O6/c30-17(12-25(31)32)13-28-26(33)16-9-15-11-24(22(15)10-16)29-27(34)35-14-23-20-7-3-1-5-18(20)19-6-2-4-8-21(19)23/h1-8,15-17,22-24,30H,9-14H2,(H,28,33)(H,29,34)(H,31,32). The third-order valence-corrected chi connectivity index (χ3v) is 7.76. The molecular formula is C27H30N2O6. The number of hydrogen-bond acceptors (Lipinski definition) is 5. The Morgan fingerprint density at radius 1 is 0.971 bits per heavy atom. The van der Waals surface area contributed by atoms with E-state index < -0.39 is 24.6 Å². The van der Waals surface area contributed by atoms with Gasteiger partial charge in [-0.25, -0.2) is 4.79 Å². The number of carbonyl (C=O) groups is 3. The topological polar surface area (TPSA) is 125 Å². The molecule has 8 nitrogen and oxygen atoms in total. The van der Waals surface area contributed by atoms with E-state index in [9.17, 15) is 19.5 Å². The fourth-order valence-electron chi connectivity index (χ4n) is 6.03. The highest BCUT2D eigenvalue weighted by atomic mass is 16.5. The number of nitrogens with one attached hydrogen (secondary N) is 2. The summed E-state index contributed by atoms with van der Waals surface area (Å²) in [4.78, 5) is 35.7. The van der Waals surface area contributed by atoms with E-state index in [1.165, 1.54) is 22.3 Å². The van der Waals surface area contributed by atoms with E-state index in [2.05, 4.69) is 34.9 Å². The van der Waals surface area contributed by atoms with Gasteiger partial charge in [0, 0.05) is 24.4 Å². The molecule has 2 aromatic carbocycles. The largest absolute Gasteiger partial charge is 0.481 e. The van der Waals surface area contributed by atoms with Crippen molar-refractivity contribution in [3.8, 4) is 11.1 Å². The predicted octanol–water partition coefficient (Wildman–Crippen LogP) is 2.89. The minimum Gasteiger partial charge on any atom is -0.481 e. The number of fused-ring (bicyclic) bond motifs is 4. The monoisotopic (exact) mass is 478 g/mol. The van der Waals surface area contributed by atoms with Crippen molar-refractivity contribution >= 4 is 18.0 Å². The Bertz CT molecular complexity index is 1090. The van der Waals surface area contributed by atoms with E-state index in [4.69, 9.17) is 9.84 Å². The number of aliphatic hydroxyl groups is 1. The molecule has 5 unspecified atom stereocenters. The Kier molecular flexibility index (Phi) is 6.47. The van der Waals surface area contributed by atoms with Crippen LogP contribution in [0.5, 0.6) is 0 Å².